The van der Waals surface area contributed by atoms with Gasteiger partial charge in [-0.2, -0.15) is 0 Å². The average molecular weight is 381 g/mol. The molecule has 1 aromatic carbocycles. The number of halogens is 2. The van der Waals surface area contributed by atoms with E-state index in [1.165, 1.54) is 31.3 Å². The van der Waals surface area contributed by atoms with Crippen LogP contribution in [0.5, 0.6) is 0 Å². The fourth-order valence-corrected chi connectivity index (χ4v) is 3.06. The fourth-order valence-electron chi connectivity index (χ4n) is 2.14. The van der Waals surface area contributed by atoms with Crippen molar-refractivity contribution in [2.24, 2.45) is 5.73 Å². The third kappa shape index (κ3) is 3.24. The second kappa shape index (κ2) is 6.61. The molecule has 0 saturated carbocycles. The summed E-state index contributed by atoms with van der Waals surface area (Å²) in [6.07, 6.45) is 1.25. The number of nitrogens with two attached hydrogens (primary N) is 1. The quantitative estimate of drug-likeness (QED) is 0.721. The van der Waals surface area contributed by atoms with E-state index in [9.17, 15) is 14.0 Å². The van der Waals surface area contributed by atoms with Crippen LogP contribution in [-0.2, 0) is 0 Å². The highest BCUT2D eigenvalue weighted by molar-refractivity contribution is 7.17. The Balaban J connectivity index is 1.98. The molecule has 0 aliphatic carbocycles. The number of carbonyl (C=O) groups is 2. The second-order valence-corrected chi connectivity index (χ2v) is 6.34. The number of nitrogens with one attached hydrogen (secondary N) is 1. The number of amides is 2. The zero-order valence-electron chi connectivity index (χ0n) is 12.7. The Morgan fingerprint density at radius 1 is 1.40 bits per heavy atom. The number of hydrogen-bond donors (Lipinski definition) is 2. The van der Waals surface area contributed by atoms with Crippen LogP contribution in [-0.4, -0.2) is 22.0 Å². The molecule has 0 atom stereocenters. The normalized spacial score (nSPS) is 10.7. The Morgan fingerprint density at radius 2 is 2.16 bits per heavy atom. The van der Waals surface area contributed by atoms with Crippen molar-refractivity contribution < 1.29 is 18.5 Å². The average Bonchev–Trinajstić information content (AvgIpc) is 3.14. The summed E-state index contributed by atoms with van der Waals surface area (Å²) in [4.78, 5) is 27.7. The Hall–Kier alpha value is -2.78. The summed E-state index contributed by atoms with van der Waals surface area (Å²) in [5.74, 6) is -1.74. The van der Waals surface area contributed by atoms with E-state index in [1.54, 1.807) is 0 Å². The summed E-state index contributed by atoms with van der Waals surface area (Å²) in [6, 6.07) is 4.12. The lowest BCUT2D eigenvalue weighted by atomic mass is 10.1. The number of thiazole rings is 1. The minimum absolute atomic E-state index is 0.0165. The molecule has 0 saturated heterocycles. The molecule has 0 aliphatic heterocycles. The first kappa shape index (κ1) is 17.1. The lowest BCUT2D eigenvalue weighted by Crippen LogP contribution is -2.13. The fraction of sp³-hybridized carbons (Fsp3) is 0.0667. The number of hydrogen-bond acceptors (Lipinski definition) is 6. The first-order chi connectivity index (χ1) is 11.9. The number of primary amides is 1. The maximum absolute atomic E-state index is 14.1. The molecule has 3 rings (SSSR count). The van der Waals surface area contributed by atoms with E-state index in [0.29, 0.717) is 0 Å². The highest BCUT2D eigenvalue weighted by Crippen LogP contribution is 2.34. The molecule has 128 valence electrons. The highest BCUT2D eigenvalue weighted by atomic mass is 35.5. The number of benzene rings is 1. The first-order valence-electron chi connectivity index (χ1n) is 6.86. The maximum Gasteiger partial charge on any atom is 0.263 e. The monoisotopic (exact) mass is 380 g/mol. The van der Waals surface area contributed by atoms with Gasteiger partial charge in [0.25, 0.3) is 11.8 Å². The summed E-state index contributed by atoms with van der Waals surface area (Å²) in [6.45, 7) is 1.51. The molecular formula is C15H10ClFN4O3S. The largest absolute Gasteiger partial charge is 0.365 e. The number of anilines is 1. The maximum atomic E-state index is 14.1. The van der Waals surface area contributed by atoms with Gasteiger partial charge in [-0.15, -0.1) is 0 Å². The van der Waals surface area contributed by atoms with E-state index >= 15 is 0 Å². The predicted octanol–water partition coefficient (Wildman–Crippen LogP) is 3.25. The van der Waals surface area contributed by atoms with Crippen LogP contribution < -0.4 is 11.1 Å². The standard InChI is InChI=1S/C15H10ClFN4O3S/c1-6-10(14(23)20-15-19-5-9(25-15)13(18)22)12(21-24-6)11-7(16)3-2-4-8(11)17/h2-5H,1H3,(H2,18,22)(H,19,20,23). The molecule has 3 aromatic rings. The van der Waals surface area contributed by atoms with E-state index in [1.807, 2.05) is 0 Å². The summed E-state index contributed by atoms with van der Waals surface area (Å²) in [5.41, 5.74) is 5.10. The van der Waals surface area contributed by atoms with Crippen molar-refractivity contribution >= 4 is 39.9 Å². The van der Waals surface area contributed by atoms with Crippen molar-refractivity contribution in [1.29, 1.82) is 0 Å². The third-order valence-electron chi connectivity index (χ3n) is 3.26. The summed E-state index contributed by atoms with van der Waals surface area (Å²) in [7, 11) is 0. The van der Waals surface area contributed by atoms with E-state index in [2.05, 4.69) is 15.5 Å². The van der Waals surface area contributed by atoms with Gasteiger partial charge in [-0.05, 0) is 19.1 Å². The van der Waals surface area contributed by atoms with Crippen LogP contribution in [0.3, 0.4) is 0 Å². The Kier molecular flexibility index (Phi) is 4.51. The van der Waals surface area contributed by atoms with Crippen LogP contribution in [0.1, 0.15) is 25.8 Å². The van der Waals surface area contributed by atoms with E-state index < -0.39 is 17.6 Å². The van der Waals surface area contributed by atoms with Crippen LogP contribution in [0, 0.1) is 12.7 Å². The van der Waals surface area contributed by atoms with Gasteiger partial charge in [0, 0.05) is 0 Å². The molecule has 10 heteroatoms. The van der Waals surface area contributed by atoms with Crippen LogP contribution in [0.25, 0.3) is 11.3 Å². The molecule has 25 heavy (non-hydrogen) atoms. The van der Waals surface area contributed by atoms with E-state index in [-0.39, 0.29) is 37.6 Å². The molecule has 0 bridgehead atoms. The minimum atomic E-state index is -0.655. The van der Waals surface area contributed by atoms with E-state index in [4.69, 9.17) is 21.9 Å². The van der Waals surface area contributed by atoms with Crippen LogP contribution in [0.2, 0.25) is 5.02 Å². The smallest absolute Gasteiger partial charge is 0.263 e. The second-order valence-electron chi connectivity index (χ2n) is 4.91. The third-order valence-corrected chi connectivity index (χ3v) is 4.50. The number of aryl methyl sites for hydroxylation is 1. The van der Waals surface area contributed by atoms with Gasteiger partial charge in [-0.3, -0.25) is 14.9 Å². The van der Waals surface area contributed by atoms with Crippen molar-refractivity contribution in [2.45, 2.75) is 6.92 Å². The molecule has 2 aromatic heterocycles. The molecule has 0 fully saturated rings. The summed E-state index contributed by atoms with van der Waals surface area (Å²) in [5, 5.41) is 6.50. The van der Waals surface area contributed by atoms with Gasteiger partial charge in [-0.25, -0.2) is 9.37 Å². The van der Waals surface area contributed by atoms with Gasteiger partial charge in [0.2, 0.25) is 0 Å². The zero-order chi connectivity index (χ0) is 18.1. The zero-order valence-corrected chi connectivity index (χ0v) is 14.2. The molecule has 0 unspecified atom stereocenters. The van der Waals surface area contributed by atoms with Gasteiger partial charge >= 0.3 is 0 Å². The van der Waals surface area contributed by atoms with Crippen molar-refractivity contribution in [1.82, 2.24) is 10.1 Å². The van der Waals surface area contributed by atoms with Crippen molar-refractivity contribution in [3.05, 3.63) is 51.4 Å². The topological polar surface area (TPSA) is 111 Å². The van der Waals surface area contributed by atoms with Crippen molar-refractivity contribution in [2.75, 3.05) is 5.32 Å². The Bertz CT molecular complexity index is 965. The molecule has 0 radical (unpaired) electrons. The lowest BCUT2D eigenvalue weighted by Gasteiger charge is -2.05. The Morgan fingerprint density at radius 3 is 2.80 bits per heavy atom. The SMILES string of the molecule is Cc1onc(-c2c(F)cccc2Cl)c1C(=O)Nc1ncc(C(N)=O)s1. The van der Waals surface area contributed by atoms with Gasteiger partial charge in [0.05, 0.1) is 16.8 Å². The number of carbonyl (C=O) groups excluding carboxylic acids is 2. The van der Waals surface area contributed by atoms with Gasteiger partial charge in [0.15, 0.2) is 5.13 Å². The van der Waals surface area contributed by atoms with Gasteiger partial charge in [-0.1, -0.05) is 34.2 Å². The molecule has 2 heterocycles. The summed E-state index contributed by atoms with van der Waals surface area (Å²) >= 11 is 6.94. The molecule has 0 spiro atoms. The highest BCUT2D eigenvalue weighted by Gasteiger charge is 2.26. The first-order valence-corrected chi connectivity index (χ1v) is 8.05. The molecule has 0 aliphatic rings. The number of rotatable bonds is 4. The minimum Gasteiger partial charge on any atom is -0.365 e. The summed E-state index contributed by atoms with van der Waals surface area (Å²) < 4.78 is 19.2. The molecule has 2 amide bonds. The molecule has 7 nitrogen and oxygen atoms in total. The Labute approximate surface area is 149 Å². The van der Waals surface area contributed by atoms with Crippen LogP contribution >= 0.6 is 22.9 Å². The lowest BCUT2D eigenvalue weighted by molar-refractivity contribution is 0.100. The van der Waals surface area contributed by atoms with Gasteiger partial charge < -0.3 is 10.3 Å². The van der Waals surface area contributed by atoms with Crippen molar-refractivity contribution in [3.63, 3.8) is 0 Å². The van der Waals surface area contributed by atoms with Crippen molar-refractivity contribution in [3.8, 4) is 11.3 Å². The van der Waals surface area contributed by atoms with Crippen LogP contribution in [0.4, 0.5) is 9.52 Å². The molecule has 3 N–H and O–H groups in total. The van der Waals surface area contributed by atoms with Crippen LogP contribution in [0.15, 0.2) is 28.9 Å². The predicted molar refractivity (Wildman–Crippen MR) is 90.2 cm³/mol. The molecular weight excluding hydrogens is 371 g/mol. The number of aromatic nitrogens is 2. The number of nitrogens with zero attached hydrogens (tertiary/aromatic N) is 2. The van der Waals surface area contributed by atoms with E-state index in [0.717, 1.165) is 11.3 Å². The van der Waals surface area contributed by atoms with Gasteiger partial charge in [0.1, 0.15) is 27.7 Å².